The van der Waals surface area contributed by atoms with Crippen molar-refractivity contribution in [2.45, 2.75) is 4.90 Å². The van der Waals surface area contributed by atoms with Gasteiger partial charge in [-0.05, 0) is 0 Å². The van der Waals surface area contributed by atoms with E-state index in [1.165, 1.54) is 0 Å². The second-order valence-corrected chi connectivity index (χ2v) is 8.96. The van der Waals surface area contributed by atoms with Crippen LogP contribution >= 0.6 is 81.2 Å². The molecule has 2 aromatic rings. The molecule has 6 nitrogen and oxygen atoms in total. The van der Waals surface area contributed by atoms with E-state index in [1.807, 2.05) is 0 Å². The van der Waals surface area contributed by atoms with Gasteiger partial charge in [-0.3, -0.25) is 0 Å². The van der Waals surface area contributed by atoms with Crippen LogP contribution in [-0.2, 0) is 9.84 Å². The van der Waals surface area contributed by atoms with Crippen LogP contribution in [0, 0.1) is 22.7 Å². The Morgan fingerprint density at radius 2 is 1.07 bits per heavy atom. The number of nitrogens with zero attached hydrogens (tertiary/aromatic N) is 4. The molecule has 14 heteroatoms. The maximum Gasteiger partial charge on any atom is 0.178 e. The molecule has 0 aliphatic heterocycles. The van der Waals surface area contributed by atoms with E-state index in [-0.39, 0.29) is 51.7 Å². The summed E-state index contributed by atoms with van der Waals surface area (Å²) in [5.74, 6) is 0. The largest absolute Gasteiger partial charge is 0.224 e. The van der Waals surface area contributed by atoms with Crippen LogP contribution in [-0.4, -0.2) is 24.6 Å². The summed E-state index contributed by atoms with van der Waals surface area (Å²) in [6.07, 6.45) is 0.951. The van der Waals surface area contributed by atoms with E-state index >= 15 is 0 Å². The Bertz CT molecular complexity index is 1040. The summed E-state index contributed by atoms with van der Waals surface area (Å²) in [5, 5.41) is 16.2. The molecule has 0 aromatic carbocycles. The quantitative estimate of drug-likeness (QED) is 0.429. The fourth-order valence-corrected chi connectivity index (χ4v) is 4.56. The number of rotatable bonds is 1. The van der Waals surface area contributed by atoms with Gasteiger partial charge in [-0.2, -0.15) is 10.5 Å². The topological polar surface area (TPSA) is 108 Å². The first-order chi connectivity index (χ1) is 12.4. The van der Waals surface area contributed by atoms with Gasteiger partial charge < -0.3 is 0 Å². The molecule has 0 aliphatic rings. The molecular weight excluding hydrogens is 524 g/mol. The molecule has 0 bridgehead atoms. The minimum absolute atomic E-state index is 0.0218. The average Bonchev–Trinajstić information content (AvgIpc) is 2.58. The monoisotopic (exact) mass is 524 g/mol. The highest BCUT2D eigenvalue weighted by Gasteiger charge is 2.23. The summed E-state index contributed by atoms with van der Waals surface area (Å²) >= 11 is 39.2. The van der Waals surface area contributed by atoms with Crippen molar-refractivity contribution in [1.82, 2.24) is 9.97 Å². The standard InChI is InChI=1S/C7Cl3N3.C6H3Cl4NO2S/c8-5-3(1-11)13-4(2-12)6(9)7(5)10;1-14(12,13)4-2(7)5(9)11-6(10)3(4)8/h;1H3. The Morgan fingerprint density at radius 3 is 1.37 bits per heavy atom. The zero-order chi connectivity index (χ0) is 21.1. The predicted molar refractivity (Wildman–Crippen MR) is 106 cm³/mol. The van der Waals surface area contributed by atoms with Crippen LogP contribution < -0.4 is 0 Å². The van der Waals surface area contributed by atoms with E-state index in [0.717, 1.165) is 6.26 Å². The van der Waals surface area contributed by atoms with Crippen molar-refractivity contribution in [3.63, 3.8) is 0 Å². The fraction of sp³-hybridized carbons (Fsp3) is 0.0769. The lowest BCUT2D eigenvalue weighted by Crippen LogP contribution is -2.01. The van der Waals surface area contributed by atoms with E-state index in [2.05, 4.69) is 9.97 Å². The molecule has 0 N–H and O–H groups in total. The molecule has 2 rings (SSSR count). The molecule has 0 amide bonds. The van der Waals surface area contributed by atoms with E-state index in [9.17, 15) is 8.42 Å². The lowest BCUT2D eigenvalue weighted by atomic mass is 10.3. The van der Waals surface area contributed by atoms with Crippen molar-refractivity contribution in [2.75, 3.05) is 6.26 Å². The molecule has 0 atom stereocenters. The number of halogens is 7. The van der Waals surface area contributed by atoms with Gasteiger partial charge in [-0.15, -0.1) is 0 Å². The van der Waals surface area contributed by atoms with Gasteiger partial charge >= 0.3 is 0 Å². The molecule has 0 saturated carbocycles. The van der Waals surface area contributed by atoms with Gasteiger partial charge in [-0.1, -0.05) is 81.2 Å². The smallest absolute Gasteiger partial charge is 0.178 e. The minimum Gasteiger partial charge on any atom is -0.224 e. The van der Waals surface area contributed by atoms with E-state index in [1.54, 1.807) is 12.1 Å². The van der Waals surface area contributed by atoms with Gasteiger partial charge in [0.1, 0.15) is 17.0 Å². The second kappa shape index (κ2) is 9.65. The molecule has 0 radical (unpaired) electrons. The summed E-state index contributed by atoms with van der Waals surface area (Å²) in [7, 11) is -3.58. The number of hydrogen-bond donors (Lipinski definition) is 0. The van der Waals surface area contributed by atoms with E-state index in [4.69, 9.17) is 91.7 Å². The van der Waals surface area contributed by atoms with Crippen molar-refractivity contribution in [3.05, 3.63) is 46.8 Å². The highest BCUT2D eigenvalue weighted by atomic mass is 35.5. The first kappa shape index (κ1) is 24.3. The molecule has 2 heterocycles. The molecule has 0 aliphatic carbocycles. The Hall–Kier alpha value is -0.740. The summed E-state index contributed by atoms with van der Waals surface area (Å²) in [5.41, 5.74) is -0.208. The molecular formula is C13H3Cl7N4O2S. The van der Waals surface area contributed by atoms with Crippen molar-refractivity contribution in [2.24, 2.45) is 0 Å². The normalized spacial score (nSPS) is 10.4. The Morgan fingerprint density at radius 1 is 0.704 bits per heavy atom. The van der Waals surface area contributed by atoms with Crippen LogP contribution in [0.1, 0.15) is 11.4 Å². The number of aromatic nitrogens is 2. The number of nitriles is 2. The third-order valence-corrected chi connectivity index (χ3v) is 6.72. The summed E-state index contributed by atoms with van der Waals surface area (Å²) in [4.78, 5) is 6.85. The highest BCUT2D eigenvalue weighted by Crippen LogP contribution is 2.37. The van der Waals surface area contributed by atoms with Crippen LogP contribution in [0.5, 0.6) is 0 Å². The highest BCUT2D eigenvalue weighted by molar-refractivity contribution is 7.91. The predicted octanol–water partition coefficient (Wildman–Crippen LogP) is 5.88. The lowest BCUT2D eigenvalue weighted by molar-refractivity contribution is 0.602. The van der Waals surface area contributed by atoms with Crippen LogP contribution in [0.2, 0.25) is 35.4 Å². The Kier molecular flexibility index (Phi) is 8.68. The molecule has 0 fully saturated rings. The number of pyridine rings is 2. The summed E-state index contributed by atoms with van der Waals surface area (Å²) in [6, 6.07) is 3.40. The molecule has 0 spiro atoms. The molecule has 0 unspecified atom stereocenters. The Labute approximate surface area is 189 Å². The SMILES string of the molecule is CS(=O)(=O)c1c(Cl)c(Cl)nc(Cl)c1Cl.N#Cc1nc(C#N)c(Cl)c(Cl)c1Cl. The average molecular weight is 527 g/mol. The maximum absolute atomic E-state index is 11.3. The zero-order valence-electron chi connectivity index (χ0n) is 12.7. The first-order valence-electron chi connectivity index (χ1n) is 6.11. The molecule has 27 heavy (non-hydrogen) atoms. The minimum atomic E-state index is -3.58. The van der Waals surface area contributed by atoms with Crippen LogP contribution in [0.15, 0.2) is 4.90 Å². The third-order valence-electron chi connectivity index (χ3n) is 2.56. The molecule has 2 aromatic heterocycles. The van der Waals surface area contributed by atoms with Gasteiger partial charge in [0, 0.05) is 6.26 Å². The molecule has 142 valence electrons. The van der Waals surface area contributed by atoms with Crippen molar-refractivity contribution in [3.8, 4) is 12.1 Å². The van der Waals surface area contributed by atoms with Crippen molar-refractivity contribution >= 4 is 91.0 Å². The van der Waals surface area contributed by atoms with Gasteiger partial charge in [0.25, 0.3) is 0 Å². The van der Waals surface area contributed by atoms with E-state index in [0.29, 0.717) is 0 Å². The van der Waals surface area contributed by atoms with Crippen LogP contribution in [0.4, 0.5) is 0 Å². The maximum atomic E-state index is 11.3. The third kappa shape index (κ3) is 5.63. The van der Waals surface area contributed by atoms with Crippen molar-refractivity contribution < 1.29 is 8.42 Å². The number of hydrogen-bond acceptors (Lipinski definition) is 6. The lowest BCUT2D eigenvalue weighted by Gasteiger charge is -2.06. The first-order valence-corrected chi connectivity index (χ1v) is 10.6. The summed E-state index contributed by atoms with van der Waals surface area (Å²) in [6.45, 7) is 0. The number of sulfone groups is 1. The summed E-state index contributed by atoms with van der Waals surface area (Å²) < 4.78 is 22.5. The van der Waals surface area contributed by atoms with Gasteiger partial charge in [0.15, 0.2) is 31.5 Å². The second-order valence-electron chi connectivity index (χ2n) is 4.40. The van der Waals surface area contributed by atoms with E-state index < -0.39 is 9.84 Å². The Balaban J connectivity index is 0.000000271. The van der Waals surface area contributed by atoms with Crippen molar-refractivity contribution in [1.29, 1.82) is 10.5 Å². The fourth-order valence-electron chi connectivity index (χ4n) is 1.46. The van der Waals surface area contributed by atoms with Crippen LogP contribution in [0.3, 0.4) is 0 Å². The zero-order valence-corrected chi connectivity index (χ0v) is 18.8. The molecule has 0 saturated heterocycles. The van der Waals surface area contributed by atoms with Gasteiger partial charge in [-0.25, -0.2) is 18.4 Å². The van der Waals surface area contributed by atoms with Crippen LogP contribution in [0.25, 0.3) is 0 Å². The van der Waals surface area contributed by atoms with Gasteiger partial charge in [0.2, 0.25) is 0 Å². The van der Waals surface area contributed by atoms with Gasteiger partial charge in [0.05, 0.1) is 25.1 Å².